The molecule has 1 amide bonds. The normalized spacial score (nSPS) is 24.8. The molecule has 3 aliphatic heterocycles. The van der Waals surface area contributed by atoms with E-state index < -0.39 is 10.0 Å². The first-order chi connectivity index (χ1) is 13.5. The number of hydrogen-bond donors (Lipinski definition) is 1. The molecule has 8 nitrogen and oxygen atoms in total. The van der Waals surface area contributed by atoms with Gasteiger partial charge in [-0.05, 0) is 25.0 Å². The Labute approximate surface area is 165 Å². The predicted octanol–water partition coefficient (Wildman–Crippen LogP) is 1.16. The highest BCUT2D eigenvalue weighted by Gasteiger charge is 2.32. The van der Waals surface area contributed by atoms with E-state index >= 15 is 0 Å². The number of amidine groups is 1. The molecule has 0 aliphatic carbocycles. The van der Waals surface area contributed by atoms with Crippen LogP contribution in [0.25, 0.3) is 0 Å². The lowest BCUT2D eigenvalue weighted by Crippen LogP contribution is -2.46. The van der Waals surface area contributed by atoms with E-state index in [0.29, 0.717) is 24.5 Å². The maximum absolute atomic E-state index is 12.7. The lowest BCUT2D eigenvalue weighted by Gasteiger charge is -2.35. The third-order valence-corrected chi connectivity index (χ3v) is 6.90. The Kier molecular flexibility index (Phi) is 5.65. The summed E-state index contributed by atoms with van der Waals surface area (Å²) in [5, 5.41) is 3.18. The van der Waals surface area contributed by atoms with E-state index in [1.165, 1.54) is 0 Å². The molecule has 0 bridgehead atoms. The molecule has 0 radical (unpaired) electrons. The zero-order valence-corrected chi connectivity index (χ0v) is 16.7. The summed E-state index contributed by atoms with van der Waals surface area (Å²) >= 11 is 0. The fourth-order valence-electron chi connectivity index (χ4n) is 3.97. The lowest BCUT2D eigenvalue weighted by atomic mass is 9.96. The summed E-state index contributed by atoms with van der Waals surface area (Å²) in [6.45, 7) is 5.15. The highest BCUT2D eigenvalue weighted by molar-refractivity contribution is 7.90. The average molecular weight is 407 g/mol. The zero-order chi connectivity index (χ0) is 19.6. The molecule has 0 saturated carbocycles. The molecule has 2 saturated heterocycles. The minimum absolute atomic E-state index is 0.0933. The number of para-hydroxylation sites is 1. The van der Waals surface area contributed by atoms with Gasteiger partial charge in [-0.15, -0.1) is 4.40 Å². The molecule has 28 heavy (non-hydrogen) atoms. The standard InChI is InChI=1S/C19H26N4O4S/c24-18(7-9-22-10-12-27-13-11-22)23-8-3-4-15(14-23)19-20-16-5-1-2-6-17(16)28(25,26)21-19/h1-2,5-6,15H,3-4,7-14H2,(H,20,21)/t15-/m1/s1. The van der Waals surface area contributed by atoms with Crippen molar-refractivity contribution in [2.24, 2.45) is 10.3 Å². The maximum atomic E-state index is 12.7. The van der Waals surface area contributed by atoms with Gasteiger partial charge in [0.05, 0.1) is 18.9 Å². The van der Waals surface area contributed by atoms with Gasteiger partial charge in [-0.2, -0.15) is 8.42 Å². The highest BCUT2D eigenvalue weighted by atomic mass is 32.2. The van der Waals surface area contributed by atoms with E-state index in [4.69, 9.17) is 4.74 Å². The first kappa shape index (κ1) is 19.4. The summed E-state index contributed by atoms with van der Waals surface area (Å²) in [4.78, 5) is 17.0. The Morgan fingerprint density at radius 1 is 1.21 bits per heavy atom. The number of piperidine rings is 1. The molecule has 152 valence electrons. The number of rotatable bonds is 4. The minimum Gasteiger partial charge on any atom is -0.379 e. The van der Waals surface area contributed by atoms with Crippen LogP contribution in [0.3, 0.4) is 0 Å². The second kappa shape index (κ2) is 8.18. The molecule has 3 heterocycles. The third-order valence-electron chi connectivity index (χ3n) is 5.55. The number of fused-ring (bicyclic) bond motifs is 1. The first-order valence-corrected chi connectivity index (χ1v) is 11.3. The third kappa shape index (κ3) is 4.21. The first-order valence-electron chi connectivity index (χ1n) is 9.82. The van der Waals surface area contributed by atoms with E-state index in [0.717, 1.165) is 52.2 Å². The van der Waals surface area contributed by atoms with Crippen LogP contribution in [-0.2, 0) is 19.6 Å². The van der Waals surface area contributed by atoms with Crippen molar-refractivity contribution in [2.75, 3.05) is 51.3 Å². The molecule has 1 N–H and O–H groups in total. The number of sulfonamides is 1. The highest BCUT2D eigenvalue weighted by Crippen LogP contribution is 2.30. The van der Waals surface area contributed by atoms with Crippen molar-refractivity contribution in [2.45, 2.75) is 24.2 Å². The average Bonchev–Trinajstić information content (AvgIpc) is 2.72. The molecule has 0 aromatic heterocycles. The van der Waals surface area contributed by atoms with Crippen molar-refractivity contribution < 1.29 is 17.9 Å². The number of ether oxygens (including phenoxy) is 1. The molecular formula is C19H26N4O4S. The van der Waals surface area contributed by atoms with Crippen molar-refractivity contribution in [3.05, 3.63) is 24.3 Å². The number of amides is 1. The Morgan fingerprint density at radius 2 is 2.00 bits per heavy atom. The van der Waals surface area contributed by atoms with Crippen LogP contribution in [0.4, 0.5) is 5.69 Å². The predicted molar refractivity (Wildman–Crippen MR) is 106 cm³/mol. The van der Waals surface area contributed by atoms with Crippen LogP contribution in [0.1, 0.15) is 19.3 Å². The number of hydrogen-bond acceptors (Lipinski definition) is 6. The molecule has 1 aromatic rings. The van der Waals surface area contributed by atoms with Crippen LogP contribution in [0.2, 0.25) is 0 Å². The van der Waals surface area contributed by atoms with Gasteiger partial charge in [0.2, 0.25) is 5.91 Å². The lowest BCUT2D eigenvalue weighted by molar-refractivity contribution is -0.133. The Balaban J connectivity index is 1.40. The smallest absolute Gasteiger partial charge is 0.286 e. The molecule has 1 aromatic carbocycles. The van der Waals surface area contributed by atoms with Crippen molar-refractivity contribution in [3.8, 4) is 0 Å². The number of benzene rings is 1. The van der Waals surface area contributed by atoms with E-state index in [9.17, 15) is 13.2 Å². The van der Waals surface area contributed by atoms with Crippen LogP contribution in [0, 0.1) is 5.92 Å². The number of morpholine rings is 1. The maximum Gasteiger partial charge on any atom is 0.286 e. The fraction of sp³-hybridized carbons (Fsp3) is 0.579. The van der Waals surface area contributed by atoms with Crippen LogP contribution in [0.5, 0.6) is 0 Å². The van der Waals surface area contributed by atoms with Crippen molar-refractivity contribution in [1.29, 1.82) is 0 Å². The van der Waals surface area contributed by atoms with Crippen LogP contribution < -0.4 is 5.32 Å². The topological polar surface area (TPSA) is 91.3 Å². The minimum atomic E-state index is -3.70. The van der Waals surface area contributed by atoms with Crippen molar-refractivity contribution >= 4 is 27.5 Å². The van der Waals surface area contributed by atoms with E-state index in [1.54, 1.807) is 24.3 Å². The van der Waals surface area contributed by atoms with Crippen molar-refractivity contribution in [3.63, 3.8) is 0 Å². The van der Waals surface area contributed by atoms with E-state index in [2.05, 4.69) is 14.6 Å². The fourth-order valence-corrected chi connectivity index (χ4v) is 5.17. The molecule has 4 rings (SSSR count). The van der Waals surface area contributed by atoms with Gasteiger partial charge in [0.1, 0.15) is 10.7 Å². The number of nitrogens with zero attached hydrogens (tertiary/aromatic N) is 3. The summed E-state index contributed by atoms with van der Waals surface area (Å²) in [7, 11) is -3.70. The van der Waals surface area contributed by atoms with Gasteiger partial charge in [-0.3, -0.25) is 9.69 Å². The van der Waals surface area contributed by atoms with Crippen LogP contribution >= 0.6 is 0 Å². The van der Waals surface area contributed by atoms with Gasteiger partial charge in [0, 0.05) is 45.1 Å². The largest absolute Gasteiger partial charge is 0.379 e. The second-order valence-electron chi connectivity index (χ2n) is 7.46. The Bertz CT molecular complexity index is 864. The number of nitrogens with one attached hydrogen (secondary N) is 1. The molecule has 3 aliphatic rings. The van der Waals surface area contributed by atoms with Crippen LogP contribution in [0.15, 0.2) is 33.6 Å². The van der Waals surface area contributed by atoms with Gasteiger partial charge < -0.3 is 15.0 Å². The number of carbonyl (C=O) groups is 1. The van der Waals surface area contributed by atoms with Gasteiger partial charge >= 0.3 is 0 Å². The summed E-state index contributed by atoms with van der Waals surface area (Å²) in [6.07, 6.45) is 2.14. The quantitative estimate of drug-likeness (QED) is 0.807. The van der Waals surface area contributed by atoms with Gasteiger partial charge in [0.25, 0.3) is 10.0 Å². The second-order valence-corrected chi connectivity index (χ2v) is 9.03. The molecule has 9 heteroatoms. The Morgan fingerprint density at radius 3 is 2.82 bits per heavy atom. The molecule has 0 unspecified atom stereocenters. The van der Waals surface area contributed by atoms with E-state index in [-0.39, 0.29) is 16.7 Å². The number of likely N-dealkylation sites (tertiary alicyclic amines) is 1. The Hall–Kier alpha value is -1.97. The van der Waals surface area contributed by atoms with Gasteiger partial charge in [-0.25, -0.2) is 0 Å². The molecule has 2 fully saturated rings. The summed E-state index contributed by atoms with van der Waals surface area (Å²) < 4.78 is 34.3. The summed E-state index contributed by atoms with van der Waals surface area (Å²) in [5.74, 6) is 0.476. The van der Waals surface area contributed by atoms with E-state index in [1.807, 2.05) is 4.90 Å². The summed E-state index contributed by atoms with van der Waals surface area (Å²) in [6, 6.07) is 6.79. The number of carbonyl (C=O) groups excluding carboxylic acids is 1. The van der Waals surface area contributed by atoms with Gasteiger partial charge in [-0.1, -0.05) is 12.1 Å². The monoisotopic (exact) mass is 406 g/mol. The SMILES string of the molecule is O=C(CCN1CCOCC1)N1CCC[C@@H](C2=NS(=O)(=O)c3ccccc3N2)C1. The molecule has 1 atom stereocenters. The van der Waals surface area contributed by atoms with Crippen LogP contribution in [-0.4, -0.2) is 75.9 Å². The van der Waals surface area contributed by atoms with Gasteiger partial charge in [0.15, 0.2) is 0 Å². The number of anilines is 1. The molecular weight excluding hydrogens is 380 g/mol. The van der Waals surface area contributed by atoms with Crippen molar-refractivity contribution in [1.82, 2.24) is 9.80 Å². The zero-order valence-electron chi connectivity index (χ0n) is 15.8. The summed E-state index contributed by atoms with van der Waals surface area (Å²) in [5.41, 5.74) is 0.559. The molecule has 0 spiro atoms.